The average molecular weight is 428 g/mol. The molecule has 0 aliphatic carbocycles. The highest BCUT2D eigenvalue weighted by Gasteiger charge is 2.33. The normalized spacial score (nSPS) is 14.0. The number of nitrogens with zero attached hydrogens (tertiary/aromatic N) is 1. The van der Waals surface area contributed by atoms with Crippen molar-refractivity contribution in [2.75, 3.05) is 24.7 Å². The van der Waals surface area contributed by atoms with Crippen LogP contribution in [0.3, 0.4) is 0 Å². The van der Waals surface area contributed by atoms with E-state index < -0.39 is 17.6 Å². The van der Waals surface area contributed by atoms with Crippen LogP contribution in [-0.2, 0) is 9.59 Å². The van der Waals surface area contributed by atoms with Crippen LogP contribution in [0.25, 0.3) is 0 Å². The third-order valence-corrected chi connectivity index (χ3v) is 4.81. The molecule has 2 aromatic carbocycles. The van der Waals surface area contributed by atoms with Crippen molar-refractivity contribution in [2.45, 2.75) is 26.8 Å². The highest BCUT2D eigenvalue weighted by molar-refractivity contribution is 6.05. The van der Waals surface area contributed by atoms with E-state index in [4.69, 9.17) is 9.47 Å². The minimum absolute atomic E-state index is 0.0237. The number of rotatable bonds is 8. The zero-order valence-corrected chi connectivity index (χ0v) is 17.7. The topological polar surface area (TPSA) is 84.9 Å². The number of anilines is 1. The molecule has 2 amide bonds. The van der Waals surface area contributed by atoms with Crippen LogP contribution in [0.15, 0.2) is 42.5 Å². The van der Waals surface area contributed by atoms with Crippen LogP contribution < -0.4 is 19.7 Å². The van der Waals surface area contributed by atoms with Crippen LogP contribution >= 0.6 is 0 Å². The van der Waals surface area contributed by atoms with E-state index in [0.29, 0.717) is 18.0 Å². The van der Waals surface area contributed by atoms with E-state index in [1.54, 1.807) is 25.1 Å². The quantitative estimate of drug-likeness (QED) is 0.654. The molecule has 0 saturated carbocycles. The number of ketones is 1. The maximum atomic E-state index is 13.7. The van der Waals surface area contributed by atoms with Gasteiger partial charge in [-0.3, -0.25) is 19.3 Å². The Morgan fingerprint density at radius 2 is 1.94 bits per heavy atom. The zero-order valence-electron chi connectivity index (χ0n) is 17.7. The maximum Gasteiger partial charge on any atom is 0.265 e. The second kappa shape index (κ2) is 9.59. The van der Waals surface area contributed by atoms with E-state index in [9.17, 15) is 18.8 Å². The van der Waals surface area contributed by atoms with Gasteiger partial charge >= 0.3 is 0 Å². The number of hydrogen-bond acceptors (Lipinski definition) is 5. The van der Waals surface area contributed by atoms with Crippen molar-refractivity contribution in [1.82, 2.24) is 5.32 Å². The largest absolute Gasteiger partial charge is 0.482 e. The van der Waals surface area contributed by atoms with Crippen molar-refractivity contribution in [2.24, 2.45) is 5.92 Å². The van der Waals surface area contributed by atoms with Gasteiger partial charge in [0, 0.05) is 12.1 Å². The predicted octanol–water partition coefficient (Wildman–Crippen LogP) is 2.97. The summed E-state index contributed by atoms with van der Waals surface area (Å²) in [6, 6.07) is 9.63. The highest BCUT2D eigenvalue weighted by Crippen LogP contribution is 2.34. The number of benzene rings is 2. The number of hydrogen-bond donors (Lipinski definition) is 1. The number of para-hydroxylation sites is 1. The number of carbonyl (C=O) groups is 3. The molecule has 0 saturated heterocycles. The van der Waals surface area contributed by atoms with Crippen molar-refractivity contribution in [3.63, 3.8) is 0 Å². The Morgan fingerprint density at radius 3 is 2.65 bits per heavy atom. The van der Waals surface area contributed by atoms with Gasteiger partial charge in [0.15, 0.2) is 30.6 Å². The van der Waals surface area contributed by atoms with Crippen LogP contribution in [0.1, 0.15) is 31.1 Å². The lowest BCUT2D eigenvalue weighted by Crippen LogP contribution is -2.52. The highest BCUT2D eigenvalue weighted by atomic mass is 19.1. The fourth-order valence-corrected chi connectivity index (χ4v) is 3.13. The summed E-state index contributed by atoms with van der Waals surface area (Å²) in [7, 11) is 0. The molecule has 1 heterocycles. The minimum atomic E-state index is -0.783. The molecule has 164 valence electrons. The standard InChI is InChI=1S/C23H25FN2O5/c1-14(2)11-25-23(29)15(3)26-18-10-16(8-9-21(18)31-13-22(26)28)19(27)12-30-20-7-5-4-6-17(20)24/h4-10,14-15H,11-13H2,1-3H3,(H,25,29). The number of fused-ring (bicyclic) bond motifs is 1. The Bertz CT molecular complexity index is 992. The van der Waals surface area contributed by atoms with Crippen molar-refractivity contribution < 1.29 is 28.2 Å². The van der Waals surface area contributed by atoms with Gasteiger partial charge in [-0.05, 0) is 43.2 Å². The Morgan fingerprint density at radius 1 is 1.19 bits per heavy atom. The van der Waals surface area contributed by atoms with Gasteiger partial charge < -0.3 is 14.8 Å². The first-order valence-corrected chi connectivity index (χ1v) is 10.0. The van der Waals surface area contributed by atoms with E-state index in [2.05, 4.69) is 5.32 Å². The molecule has 1 unspecified atom stereocenters. The van der Waals surface area contributed by atoms with E-state index >= 15 is 0 Å². The fraction of sp³-hybridized carbons (Fsp3) is 0.348. The Labute approximate surface area is 180 Å². The number of halogens is 1. The van der Waals surface area contributed by atoms with Crippen LogP contribution in [-0.4, -0.2) is 43.4 Å². The van der Waals surface area contributed by atoms with Gasteiger partial charge in [-0.1, -0.05) is 26.0 Å². The van der Waals surface area contributed by atoms with Gasteiger partial charge in [0.05, 0.1) is 5.69 Å². The number of carbonyl (C=O) groups excluding carboxylic acids is 3. The molecule has 0 aromatic heterocycles. The van der Waals surface area contributed by atoms with Crippen LogP contribution in [0.5, 0.6) is 11.5 Å². The molecule has 0 radical (unpaired) electrons. The van der Waals surface area contributed by atoms with Gasteiger partial charge in [-0.25, -0.2) is 4.39 Å². The molecule has 8 heteroatoms. The van der Waals surface area contributed by atoms with Crippen LogP contribution in [0, 0.1) is 11.7 Å². The first kappa shape index (κ1) is 22.3. The lowest BCUT2D eigenvalue weighted by atomic mass is 10.1. The minimum Gasteiger partial charge on any atom is -0.482 e. The van der Waals surface area contributed by atoms with Crippen LogP contribution in [0.4, 0.5) is 10.1 Å². The van der Waals surface area contributed by atoms with E-state index in [0.717, 1.165) is 0 Å². The van der Waals surface area contributed by atoms with Crippen LogP contribution in [0.2, 0.25) is 0 Å². The maximum absolute atomic E-state index is 13.7. The van der Waals surface area contributed by atoms with Gasteiger partial charge in [-0.2, -0.15) is 0 Å². The van der Waals surface area contributed by atoms with Gasteiger partial charge in [-0.15, -0.1) is 0 Å². The summed E-state index contributed by atoms with van der Waals surface area (Å²) in [5, 5.41) is 2.82. The summed E-state index contributed by atoms with van der Waals surface area (Å²) in [6.07, 6.45) is 0. The number of ether oxygens (including phenoxy) is 2. The average Bonchev–Trinajstić information content (AvgIpc) is 2.75. The fourth-order valence-electron chi connectivity index (χ4n) is 3.13. The lowest BCUT2D eigenvalue weighted by molar-refractivity contribution is -0.127. The number of Topliss-reactive ketones (excluding diaryl/α,β-unsaturated/α-hetero) is 1. The van der Waals surface area contributed by atoms with E-state index in [-0.39, 0.29) is 42.3 Å². The summed E-state index contributed by atoms with van der Waals surface area (Å²) >= 11 is 0. The van der Waals surface area contributed by atoms with Crippen molar-refractivity contribution in [1.29, 1.82) is 0 Å². The molecule has 31 heavy (non-hydrogen) atoms. The third-order valence-electron chi connectivity index (χ3n) is 4.81. The summed E-state index contributed by atoms with van der Waals surface area (Å²) in [5.41, 5.74) is 0.591. The first-order chi connectivity index (χ1) is 14.8. The molecular formula is C23H25FN2O5. The Hall–Kier alpha value is -3.42. The summed E-state index contributed by atoms with van der Waals surface area (Å²) in [5.74, 6) is -1.00. The Kier molecular flexibility index (Phi) is 6.89. The SMILES string of the molecule is CC(C)CNC(=O)C(C)N1C(=O)COc2ccc(C(=O)COc3ccccc3F)cc21. The van der Waals surface area contributed by atoms with Crippen molar-refractivity contribution in [3.05, 3.63) is 53.8 Å². The second-order valence-corrected chi connectivity index (χ2v) is 7.69. The predicted molar refractivity (Wildman–Crippen MR) is 113 cm³/mol. The molecule has 0 spiro atoms. The molecule has 3 rings (SSSR count). The lowest BCUT2D eigenvalue weighted by Gasteiger charge is -2.33. The molecule has 0 fully saturated rings. The monoisotopic (exact) mass is 428 g/mol. The summed E-state index contributed by atoms with van der Waals surface area (Å²) < 4.78 is 24.4. The van der Waals surface area contributed by atoms with Gasteiger partial charge in [0.1, 0.15) is 11.8 Å². The van der Waals surface area contributed by atoms with Crippen molar-refractivity contribution in [3.8, 4) is 11.5 Å². The molecule has 7 nitrogen and oxygen atoms in total. The third kappa shape index (κ3) is 5.20. The molecule has 0 bridgehead atoms. The van der Waals surface area contributed by atoms with Crippen molar-refractivity contribution >= 4 is 23.3 Å². The second-order valence-electron chi connectivity index (χ2n) is 7.69. The molecule has 1 aliphatic heterocycles. The van der Waals surface area contributed by atoms with Gasteiger partial charge in [0.25, 0.3) is 5.91 Å². The molecule has 1 atom stereocenters. The summed E-state index contributed by atoms with van der Waals surface area (Å²) in [4.78, 5) is 39.0. The Balaban J connectivity index is 1.79. The first-order valence-electron chi connectivity index (χ1n) is 10.0. The molecule has 1 aliphatic rings. The molecule has 1 N–H and O–H groups in total. The smallest absolute Gasteiger partial charge is 0.265 e. The van der Waals surface area contributed by atoms with E-state index in [1.165, 1.54) is 29.2 Å². The van der Waals surface area contributed by atoms with Gasteiger partial charge in [0.2, 0.25) is 5.91 Å². The number of amides is 2. The molecule has 2 aromatic rings. The zero-order chi connectivity index (χ0) is 22.5. The molecular weight excluding hydrogens is 403 g/mol. The summed E-state index contributed by atoms with van der Waals surface area (Å²) in [6.45, 7) is 5.49. The van der Waals surface area contributed by atoms with E-state index in [1.807, 2.05) is 13.8 Å². The number of nitrogens with one attached hydrogen (secondary N) is 1.